The molecule has 0 atom stereocenters. The van der Waals surface area contributed by atoms with Crippen molar-refractivity contribution in [1.82, 2.24) is 0 Å². The minimum Gasteiger partial charge on any atom is -0.508 e. The van der Waals surface area contributed by atoms with Crippen LogP contribution in [0.3, 0.4) is 0 Å². The molecule has 2 nitrogen and oxygen atoms in total. The molecule has 0 amide bonds. The third-order valence-electron chi connectivity index (χ3n) is 4.51. The van der Waals surface area contributed by atoms with Crippen molar-refractivity contribution < 1.29 is 10.2 Å². The van der Waals surface area contributed by atoms with E-state index < -0.39 is 5.60 Å². The van der Waals surface area contributed by atoms with Crippen LogP contribution in [0.1, 0.15) is 19.4 Å². The highest BCUT2D eigenvalue weighted by molar-refractivity contribution is 6.17. The number of rotatable bonds is 1. The van der Waals surface area contributed by atoms with E-state index in [-0.39, 0.29) is 5.75 Å². The van der Waals surface area contributed by atoms with E-state index in [0.29, 0.717) is 5.56 Å². The van der Waals surface area contributed by atoms with Crippen LogP contribution in [0, 0.1) is 0 Å². The largest absolute Gasteiger partial charge is 0.508 e. The van der Waals surface area contributed by atoms with Crippen molar-refractivity contribution in [3.8, 4) is 5.75 Å². The molecule has 4 aromatic rings. The Labute approximate surface area is 134 Å². The SMILES string of the molecule is CC(C)(O)c1c(O)ccc2c1ccc1c3ccccc3ccc21. The molecule has 0 saturated heterocycles. The van der Waals surface area contributed by atoms with Crippen molar-refractivity contribution in [2.75, 3.05) is 0 Å². The predicted molar refractivity (Wildman–Crippen MR) is 95.9 cm³/mol. The van der Waals surface area contributed by atoms with E-state index in [4.69, 9.17) is 0 Å². The summed E-state index contributed by atoms with van der Waals surface area (Å²) in [6, 6.07) is 20.2. The van der Waals surface area contributed by atoms with Crippen molar-refractivity contribution in [1.29, 1.82) is 0 Å². The molecule has 0 aliphatic rings. The van der Waals surface area contributed by atoms with Gasteiger partial charge in [-0.15, -0.1) is 0 Å². The minimum absolute atomic E-state index is 0.130. The maximum absolute atomic E-state index is 10.5. The summed E-state index contributed by atoms with van der Waals surface area (Å²) in [6.07, 6.45) is 0. The topological polar surface area (TPSA) is 40.5 Å². The molecule has 0 unspecified atom stereocenters. The van der Waals surface area contributed by atoms with Gasteiger partial charge in [-0.05, 0) is 52.2 Å². The number of hydrogen-bond donors (Lipinski definition) is 2. The minimum atomic E-state index is -1.10. The number of fused-ring (bicyclic) bond motifs is 5. The molecule has 23 heavy (non-hydrogen) atoms. The lowest BCUT2D eigenvalue weighted by atomic mass is 9.88. The molecule has 4 rings (SSSR count). The van der Waals surface area contributed by atoms with E-state index in [1.54, 1.807) is 19.9 Å². The molecule has 0 fully saturated rings. The van der Waals surface area contributed by atoms with Gasteiger partial charge in [0.2, 0.25) is 0 Å². The molecule has 2 N–H and O–H groups in total. The van der Waals surface area contributed by atoms with Crippen molar-refractivity contribution >= 4 is 32.3 Å². The Kier molecular flexibility index (Phi) is 2.87. The highest BCUT2D eigenvalue weighted by Crippen LogP contribution is 2.39. The molecule has 0 radical (unpaired) electrons. The smallest absolute Gasteiger partial charge is 0.122 e. The second-order valence-electron chi connectivity index (χ2n) is 6.56. The van der Waals surface area contributed by atoms with Gasteiger partial charge in [0.1, 0.15) is 5.75 Å². The average molecular weight is 302 g/mol. The number of benzene rings is 4. The van der Waals surface area contributed by atoms with E-state index in [0.717, 1.165) is 16.2 Å². The van der Waals surface area contributed by atoms with Crippen molar-refractivity contribution in [3.63, 3.8) is 0 Å². The molecular weight excluding hydrogens is 284 g/mol. The molecule has 4 aromatic carbocycles. The Balaban J connectivity index is 2.21. The lowest BCUT2D eigenvalue weighted by Gasteiger charge is -2.22. The zero-order chi connectivity index (χ0) is 16.2. The van der Waals surface area contributed by atoms with Gasteiger partial charge in [-0.1, -0.05) is 54.6 Å². The van der Waals surface area contributed by atoms with E-state index in [1.165, 1.54) is 16.2 Å². The lowest BCUT2D eigenvalue weighted by Crippen LogP contribution is -2.16. The van der Waals surface area contributed by atoms with Gasteiger partial charge >= 0.3 is 0 Å². The van der Waals surface area contributed by atoms with Crippen LogP contribution in [0.4, 0.5) is 0 Å². The molecule has 0 spiro atoms. The van der Waals surface area contributed by atoms with Gasteiger partial charge in [-0.25, -0.2) is 0 Å². The van der Waals surface area contributed by atoms with Crippen LogP contribution in [0.5, 0.6) is 5.75 Å². The Hall–Kier alpha value is -2.58. The molecule has 0 saturated carbocycles. The highest BCUT2D eigenvalue weighted by Gasteiger charge is 2.23. The summed E-state index contributed by atoms with van der Waals surface area (Å²) in [4.78, 5) is 0. The van der Waals surface area contributed by atoms with Gasteiger partial charge < -0.3 is 10.2 Å². The Morgan fingerprint density at radius 1 is 0.652 bits per heavy atom. The van der Waals surface area contributed by atoms with E-state index >= 15 is 0 Å². The monoisotopic (exact) mass is 302 g/mol. The van der Waals surface area contributed by atoms with Gasteiger partial charge in [-0.2, -0.15) is 0 Å². The summed E-state index contributed by atoms with van der Waals surface area (Å²) in [6.45, 7) is 3.40. The second-order valence-corrected chi connectivity index (χ2v) is 6.56. The fraction of sp³-hybridized carbons (Fsp3) is 0.143. The molecule has 0 aromatic heterocycles. The first kappa shape index (κ1) is 14.0. The zero-order valence-electron chi connectivity index (χ0n) is 13.2. The molecule has 0 aliphatic heterocycles. The quantitative estimate of drug-likeness (QED) is 0.481. The first-order chi connectivity index (χ1) is 11.0. The van der Waals surface area contributed by atoms with Crippen LogP contribution in [-0.4, -0.2) is 10.2 Å². The van der Waals surface area contributed by atoms with Crippen LogP contribution >= 0.6 is 0 Å². The summed E-state index contributed by atoms with van der Waals surface area (Å²) in [5.41, 5.74) is -0.529. The van der Waals surface area contributed by atoms with Crippen LogP contribution in [0.2, 0.25) is 0 Å². The first-order valence-electron chi connectivity index (χ1n) is 7.76. The maximum Gasteiger partial charge on any atom is 0.122 e. The number of aliphatic hydroxyl groups is 1. The van der Waals surface area contributed by atoms with Crippen LogP contribution in [-0.2, 0) is 5.60 Å². The van der Waals surface area contributed by atoms with Gasteiger partial charge in [0, 0.05) is 5.56 Å². The average Bonchev–Trinajstić information content (AvgIpc) is 2.52. The van der Waals surface area contributed by atoms with E-state index in [1.807, 2.05) is 24.3 Å². The fourth-order valence-corrected chi connectivity index (χ4v) is 3.54. The van der Waals surface area contributed by atoms with Gasteiger partial charge in [0.25, 0.3) is 0 Å². The predicted octanol–water partition coefficient (Wildman–Crippen LogP) is 5.08. The highest BCUT2D eigenvalue weighted by atomic mass is 16.3. The lowest BCUT2D eigenvalue weighted by molar-refractivity contribution is 0.0775. The fourth-order valence-electron chi connectivity index (χ4n) is 3.54. The Morgan fingerprint density at radius 3 is 2.00 bits per heavy atom. The van der Waals surface area contributed by atoms with Gasteiger partial charge in [0.05, 0.1) is 5.60 Å². The third-order valence-corrected chi connectivity index (χ3v) is 4.51. The molecule has 114 valence electrons. The number of hydrogen-bond acceptors (Lipinski definition) is 2. The van der Waals surface area contributed by atoms with Crippen molar-refractivity contribution in [3.05, 3.63) is 66.2 Å². The van der Waals surface area contributed by atoms with Crippen molar-refractivity contribution in [2.24, 2.45) is 0 Å². The summed E-state index contributed by atoms with van der Waals surface area (Å²) in [5, 5.41) is 27.3. The number of aromatic hydroxyl groups is 1. The second kappa shape index (κ2) is 4.71. The summed E-state index contributed by atoms with van der Waals surface area (Å²) >= 11 is 0. The normalized spacial score (nSPS) is 12.3. The van der Waals surface area contributed by atoms with Crippen LogP contribution in [0.25, 0.3) is 32.3 Å². The Morgan fingerprint density at radius 2 is 1.22 bits per heavy atom. The molecule has 2 heteroatoms. The first-order valence-corrected chi connectivity index (χ1v) is 7.76. The maximum atomic E-state index is 10.5. The van der Waals surface area contributed by atoms with E-state index in [9.17, 15) is 10.2 Å². The molecule has 0 bridgehead atoms. The van der Waals surface area contributed by atoms with Crippen molar-refractivity contribution in [2.45, 2.75) is 19.4 Å². The summed E-state index contributed by atoms with van der Waals surface area (Å²) < 4.78 is 0. The molecule has 0 aliphatic carbocycles. The summed E-state index contributed by atoms with van der Waals surface area (Å²) in [5.74, 6) is 0.130. The zero-order valence-corrected chi connectivity index (χ0v) is 13.2. The molecular formula is C21H18O2. The van der Waals surface area contributed by atoms with Gasteiger partial charge in [0.15, 0.2) is 0 Å². The van der Waals surface area contributed by atoms with E-state index in [2.05, 4.69) is 30.3 Å². The summed E-state index contributed by atoms with van der Waals surface area (Å²) in [7, 11) is 0. The standard InChI is InChI=1S/C21H18O2/c1-21(2,23)20-18-10-9-15-14-6-4-3-5-13(14)7-8-16(15)17(18)11-12-19(20)22/h3-12,22-23H,1-2H3. The van der Waals surface area contributed by atoms with Crippen LogP contribution < -0.4 is 0 Å². The third kappa shape index (κ3) is 2.07. The number of phenols is 1. The van der Waals surface area contributed by atoms with Gasteiger partial charge in [-0.3, -0.25) is 0 Å². The Bertz CT molecular complexity index is 1060. The molecule has 0 heterocycles. The van der Waals surface area contributed by atoms with Crippen LogP contribution in [0.15, 0.2) is 60.7 Å². The number of phenolic OH excluding ortho intramolecular Hbond substituents is 1.